The van der Waals surface area contributed by atoms with Crippen molar-refractivity contribution >= 4 is 17.2 Å². The number of anilines is 2. The second-order valence-electron chi connectivity index (χ2n) is 6.21. The highest BCUT2D eigenvalue weighted by Crippen LogP contribution is 2.29. The summed E-state index contributed by atoms with van der Waals surface area (Å²) in [4.78, 5) is 21.3. The van der Waals surface area contributed by atoms with Gasteiger partial charge in [0.2, 0.25) is 5.82 Å². The number of nitro groups is 1. The van der Waals surface area contributed by atoms with Crippen molar-refractivity contribution in [2.45, 2.75) is 32.7 Å². The number of benzene rings is 1. The van der Waals surface area contributed by atoms with Gasteiger partial charge in [-0.25, -0.2) is 9.97 Å². The average molecular weight is 345 g/mol. The molecule has 3 rings (SSSR count). The maximum atomic E-state index is 13.7. The summed E-state index contributed by atoms with van der Waals surface area (Å²) in [7, 11) is 0. The number of para-hydroxylation sites is 1. The highest BCUT2D eigenvalue weighted by Gasteiger charge is 2.25. The lowest BCUT2D eigenvalue weighted by Gasteiger charge is -2.33. The van der Waals surface area contributed by atoms with E-state index in [1.54, 1.807) is 6.07 Å². The predicted octanol–water partition coefficient (Wildman–Crippen LogP) is 3.22. The number of aryl methyl sites for hydroxylation is 2. The molecule has 1 N–H and O–H groups in total. The third-order valence-corrected chi connectivity index (χ3v) is 4.30. The molecule has 0 atom stereocenters. The Morgan fingerprint density at radius 3 is 2.64 bits per heavy atom. The van der Waals surface area contributed by atoms with Gasteiger partial charge in [-0.3, -0.25) is 10.1 Å². The quantitative estimate of drug-likeness (QED) is 0.676. The minimum absolute atomic E-state index is 0.0563. The van der Waals surface area contributed by atoms with Crippen LogP contribution >= 0.6 is 0 Å². The number of nitrogens with one attached hydrogen (secondary N) is 1. The average Bonchev–Trinajstić information content (AvgIpc) is 2.54. The van der Waals surface area contributed by atoms with Gasteiger partial charge in [0.05, 0.1) is 4.92 Å². The van der Waals surface area contributed by atoms with E-state index in [1.807, 2.05) is 19.9 Å². The fourth-order valence-electron chi connectivity index (χ4n) is 3.15. The second kappa shape index (κ2) is 7.00. The lowest BCUT2D eigenvalue weighted by Crippen LogP contribution is -2.39. The molecule has 0 radical (unpaired) electrons. The molecule has 2 heterocycles. The van der Waals surface area contributed by atoms with Gasteiger partial charge in [-0.1, -0.05) is 6.07 Å². The molecule has 0 amide bonds. The van der Waals surface area contributed by atoms with Crippen molar-refractivity contribution in [3.05, 3.63) is 51.7 Å². The molecular formula is C17H20FN5O2. The van der Waals surface area contributed by atoms with Gasteiger partial charge < -0.3 is 10.2 Å². The van der Waals surface area contributed by atoms with Gasteiger partial charge in [-0.05, 0) is 38.8 Å². The predicted molar refractivity (Wildman–Crippen MR) is 93.4 cm³/mol. The molecule has 1 fully saturated rings. The van der Waals surface area contributed by atoms with Crippen LogP contribution in [0.2, 0.25) is 0 Å². The zero-order valence-electron chi connectivity index (χ0n) is 14.2. The Kier molecular flexibility index (Phi) is 4.78. The molecule has 1 saturated heterocycles. The number of hydrogen-bond acceptors (Lipinski definition) is 6. The lowest BCUT2D eigenvalue weighted by molar-refractivity contribution is -0.386. The first kappa shape index (κ1) is 17.1. The van der Waals surface area contributed by atoms with Crippen LogP contribution in [0.5, 0.6) is 0 Å². The highest BCUT2D eigenvalue weighted by molar-refractivity contribution is 5.62. The highest BCUT2D eigenvalue weighted by atomic mass is 19.1. The van der Waals surface area contributed by atoms with Gasteiger partial charge in [0, 0.05) is 30.9 Å². The standard InChI is InChI=1S/C17H20FN5O2/c1-11-10-16(20-12(2)19-11)22-8-6-13(7-9-22)21-15-5-3-4-14(18)17(15)23(24)25/h3-5,10,13,21H,6-9H2,1-2H3. The molecule has 0 aliphatic carbocycles. The van der Waals surface area contributed by atoms with Crippen LogP contribution in [-0.4, -0.2) is 34.0 Å². The molecule has 0 spiro atoms. The number of halogens is 1. The zero-order chi connectivity index (χ0) is 18.0. The van der Waals surface area contributed by atoms with Crippen molar-refractivity contribution in [3.63, 3.8) is 0 Å². The molecule has 1 aliphatic heterocycles. The largest absolute Gasteiger partial charge is 0.377 e. The maximum Gasteiger partial charge on any atom is 0.327 e. The Bertz CT molecular complexity index is 770. The summed E-state index contributed by atoms with van der Waals surface area (Å²) in [6.45, 7) is 5.36. The summed E-state index contributed by atoms with van der Waals surface area (Å²) in [6, 6.07) is 6.14. The first-order chi connectivity index (χ1) is 11.9. The van der Waals surface area contributed by atoms with Crippen molar-refractivity contribution in [1.29, 1.82) is 0 Å². The van der Waals surface area contributed by atoms with Crippen LogP contribution in [-0.2, 0) is 0 Å². The van der Waals surface area contributed by atoms with Gasteiger partial charge in [0.25, 0.3) is 0 Å². The van der Waals surface area contributed by atoms with Crippen LogP contribution in [0, 0.1) is 29.8 Å². The smallest absolute Gasteiger partial charge is 0.327 e. The van der Waals surface area contributed by atoms with E-state index in [9.17, 15) is 14.5 Å². The first-order valence-electron chi connectivity index (χ1n) is 8.20. The Balaban J connectivity index is 1.67. The fourth-order valence-corrected chi connectivity index (χ4v) is 3.15. The van der Waals surface area contributed by atoms with Crippen molar-refractivity contribution in [2.75, 3.05) is 23.3 Å². The van der Waals surface area contributed by atoms with E-state index >= 15 is 0 Å². The van der Waals surface area contributed by atoms with Crippen LogP contribution in [0.15, 0.2) is 24.3 Å². The molecule has 2 aromatic rings. The molecule has 132 valence electrons. The number of hydrogen-bond donors (Lipinski definition) is 1. The van der Waals surface area contributed by atoms with Gasteiger partial charge in [-0.2, -0.15) is 4.39 Å². The SMILES string of the molecule is Cc1cc(N2CCC(Nc3cccc(F)c3[N+](=O)[O-])CC2)nc(C)n1. The van der Waals surface area contributed by atoms with E-state index in [2.05, 4.69) is 20.2 Å². The van der Waals surface area contributed by atoms with Gasteiger partial charge in [0.1, 0.15) is 17.3 Å². The Hall–Kier alpha value is -2.77. The molecule has 7 nitrogen and oxygen atoms in total. The van der Waals surface area contributed by atoms with Crippen LogP contribution in [0.1, 0.15) is 24.4 Å². The molecule has 1 aliphatic rings. The topological polar surface area (TPSA) is 84.2 Å². The van der Waals surface area contributed by atoms with E-state index in [4.69, 9.17) is 0 Å². The van der Waals surface area contributed by atoms with E-state index in [0.717, 1.165) is 49.3 Å². The minimum Gasteiger partial charge on any atom is -0.377 e. The number of aromatic nitrogens is 2. The monoisotopic (exact) mass is 345 g/mol. The summed E-state index contributed by atoms with van der Waals surface area (Å²) in [5.41, 5.74) is 0.669. The van der Waals surface area contributed by atoms with Crippen LogP contribution < -0.4 is 10.2 Å². The Morgan fingerprint density at radius 1 is 1.28 bits per heavy atom. The maximum absolute atomic E-state index is 13.7. The summed E-state index contributed by atoms with van der Waals surface area (Å²) in [5, 5.41) is 14.2. The summed E-state index contributed by atoms with van der Waals surface area (Å²) < 4.78 is 13.7. The fraction of sp³-hybridized carbons (Fsp3) is 0.412. The molecule has 1 aromatic carbocycles. The molecule has 0 saturated carbocycles. The molecule has 0 unspecified atom stereocenters. The van der Waals surface area contributed by atoms with Crippen molar-refractivity contribution in [3.8, 4) is 0 Å². The zero-order valence-corrected chi connectivity index (χ0v) is 14.2. The van der Waals surface area contributed by atoms with Crippen LogP contribution in [0.3, 0.4) is 0 Å². The lowest BCUT2D eigenvalue weighted by atomic mass is 10.0. The number of nitro benzene ring substituents is 1. The number of nitrogens with zero attached hydrogens (tertiary/aromatic N) is 4. The summed E-state index contributed by atoms with van der Waals surface area (Å²) in [5.74, 6) is 0.824. The van der Waals surface area contributed by atoms with Crippen molar-refractivity contribution in [2.24, 2.45) is 0 Å². The van der Waals surface area contributed by atoms with E-state index in [-0.39, 0.29) is 11.7 Å². The molecular weight excluding hydrogens is 325 g/mol. The summed E-state index contributed by atoms with van der Waals surface area (Å²) >= 11 is 0. The second-order valence-corrected chi connectivity index (χ2v) is 6.21. The van der Waals surface area contributed by atoms with E-state index in [0.29, 0.717) is 0 Å². The number of rotatable bonds is 4. The van der Waals surface area contributed by atoms with Gasteiger partial charge in [-0.15, -0.1) is 0 Å². The Morgan fingerprint density at radius 2 is 2.00 bits per heavy atom. The summed E-state index contributed by atoms with van der Waals surface area (Å²) in [6.07, 6.45) is 1.57. The van der Waals surface area contributed by atoms with E-state index in [1.165, 1.54) is 6.07 Å². The first-order valence-corrected chi connectivity index (χ1v) is 8.20. The molecule has 8 heteroatoms. The van der Waals surface area contributed by atoms with Gasteiger partial charge in [0.15, 0.2) is 0 Å². The Labute approximate surface area is 145 Å². The molecule has 25 heavy (non-hydrogen) atoms. The van der Waals surface area contributed by atoms with Crippen molar-refractivity contribution < 1.29 is 9.31 Å². The number of piperidine rings is 1. The van der Waals surface area contributed by atoms with Crippen LogP contribution in [0.25, 0.3) is 0 Å². The third kappa shape index (κ3) is 3.84. The van der Waals surface area contributed by atoms with E-state index < -0.39 is 16.4 Å². The third-order valence-electron chi connectivity index (χ3n) is 4.30. The minimum atomic E-state index is -0.820. The van der Waals surface area contributed by atoms with Crippen LogP contribution in [0.4, 0.5) is 21.6 Å². The molecule has 0 bridgehead atoms. The molecule has 1 aromatic heterocycles. The normalized spacial score (nSPS) is 15.2. The van der Waals surface area contributed by atoms with Crippen molar-refractivity contribution in [1.82, 2.24) is 9.97 Å². The van der Waals surface area contributed by atoms with Gasteiger partial charge >= 0.3 is 5.69 Å².